The summed E-state index contributed by atoms with van der Waals surface area (Å²) in [6, 6.07) is 0. The van der Waals surface area contributed by atoms with E-state index in [1.807, 2.05) is 0 Å². The van der Waals surface area contributed by atoms with Gasteiger partial charge in [0.1, 0.15) is 0 Å². The molecular weight excluding hydrogens is 120 g/mol. The molecule has 1 atom stereocenters. The second-order valence-corrected chi connectivity index (χ2v) is 1.97. The summed E-state index contributed by atoms with van der Waals surface area (Å²) in [6.07, 6.45) is 0. The van der Waals surface area contributed by atoms with Gasteiger partial charge in [-0.2, -0.15) is 0 Å². The van der Waals surface area contributed by atoms with Crippen LogP contribution in [0.3, 0.4) is 0 Å². The number of hydrogen-bond acceptors (Lipinski definition) is 3. The summed E-state index contributed by atoms with van der Waals surface area (Å²) in [5.41, 5.74) is 0. The van der Waals surface area contributed by atoms with Gasteiger partial charge in [-0.25, -0.2) is 0 Å². The van der Waals surface area contributed by atoms with Crippen molar-refractivity contribution in [3.05, 3.63) is 0 Å². The highest BCUT2D eigenvalue weighted by molar-refractivity contribution is 5.82. The number of hydrogen-bond donors (Lipinski definition) is 1. The Morgan fingerprint density at radius 3 is 2.33 bits per heavy atom. The summed E-state index contributed by atoms with van der Waals surface area (Å²) in [6.45, 7) is 4.68. The highest BCUT2D eigenvalue weighted by Gasteiger charge is 2.25. The lowest BCUT2D eigenvalue weighted by molar-refractivity contribution is -0.193. The lowest BCUT2D eigenvalue weighted by atomic mass is 10.2. The number of ketones is 1. The fourth-order valence-corrected chi connectivity index (χ4v) is 0.383. The fourth-order valence-electron chi connectivity index (χ4n) is 0.383. The Morgan fingerprint density at radius 1 is 1.78 bits per heavy atom. The Kier molecular flexibility index (Phi) is 2.81. The second-order valence-electron chi connectivity index (χ2n) is 1.97. The van der Waals surface area contributed by atoms with Gasteiger partial charge in [0.2, 0.25) is 5.79 Å². The minimum atomic E-state index is -1.59. The number of ether oxygens (including phenoxy) is 1. The number of carbonyl (C=O) groups is 1. The lowest BCUT2D eigenvalue weighted by Crippen LogP contribution is -2.36. The van der Waals surface area contributed by atoms with E-state index in [2.05, 4.69) is 0 Å². The molecule has 1 unspecified atom stereocenters. The first-order valence-electron chi connectivity index (χ1n) is 2.88. The van der Waals surface area contributed by atoms with E-state index in [1.54, 1.807) is 6.92 Å². The van der Waals surface area contributed by atoms with Gasteiger partial charge in [-0.3, -0.25) is 4.79 Å². The van der Waals surface area contributed by atoms with E-state index in [-0.39, 0.29) is 5.78 Å². The molecule has 0 aromatic heterocycles. The van der Waals surface area contributed by atoms with Crippen LogP contribution < -0.4 is 0 Å². The summed E-state index contributed by atoms with van der Waals surface area (Å²) in [5.74, 6) is -1.96. The van der Waals surface area contributed by atoms with Crippen molar-refractivity contribution in [1.29, 1.82) is 0 Å². The molecule has 0 aromatic carbocycles. The van der Waals surface area contributed by atoms with Gasteiger partial charge >= 0.3 is 0 Å². The first-order chi connectivity index (χ1) is 4.00. The normalized spacial score (nSPS) is 16.9. The van der Waals surface area contributed by atoms with Crippen molar-refractivity contribution in [2.24, 2.45) is 0 Å². The van der Waals surface area contributed by atoms with Crippen LogP contribution >= 0.6 is 0 Å². The maximum Gasteiger partial charge on any atom is 0.223 e. The molecule has 0 saturated heterocycles. The van der Waals surface area contributed by atoms with Gasteiger partial charge in [0.25, 0.3) is 0 Å². The maximum absolute atomic E-state index is 10.5. The second kappa shape index (κ2) is 2.94. The van der Waals surface area contributed by atoms with E-state index in [0.29, 0.717) is 6.61 Å². The van der Waals surface area contributed by atoms with Crippen LogP contribution in [0, 0.1) is 0 Å². The van der Waals surface area contributed by atoms with Gasteiger partial charge in [0.05, 0.1) is 0 Å². The molecular formula is C6H12O3. The molecule has 0 heterocycles. The zero-order valence-corrected chi connectivity index (χ0v) is 5.97. The number of aliphatic hydroxyl groups is 1. The van der Waals surface area contributed by atoms with E-state index in [4.69, 9.17) is 9.84 Å². The fraction of sp³-hybridized carbons (Fsp3) is 0.833. The third-order valence-electron chi connectivity index (χ3n) is 1.08. The molecule has 9 heavy (non-hydrogen) atoms. The Hall–Kier alpha value is -0.410. The molecule has 0 spiro atoms. The predicted molar refractivity (Wildman–Crippen MR) is 32.9 cm³/mol. The molecule has 0 bridgehead atoms. The lowest BCUT2D eigenvalue weighted by Gasteiger charge is -2.18. The van der Waals surface area contributed by atoms with Crippen molar-refractivity contribution < 1.29 is 14.6 Å². The monoisotopic (exact) mass is 132 g/mol. The highest BCUT2D eigenvalue weighted by Crippen LogP contribution is 2.05. The van der Waals surface area contributed by atoms with Gasteiger partial charge in [-0.1, -0.05) is 0 Å². The van der Waals surface area contributed by atoms with E-state index in [9.17, 15) is 4.79 Å². The first-order valence-corrected chi connectivity index (χ1v) is 2.88. The number of carbonyl (C=O) groups excluding carboxylic acids is 1. The maximum atomic E-state index is 10.5. The third kappa shape index (κ3) is 2.58. The van der Waals surface area contributed by atoms with Crippen LogP contribution in [0.25, 0.3) is 0 Å². The zero-order chi connectivity index (χ0) is 7.49. The molecule has 3 nitrogen and oxygen atoms in total. The quantitative estimate of drug-likeness (QED) is 0.562. The molecule has 3 heteroatoms. The largest absolute Gasteiger partial charge is 0.360 e. The average Bonchev–Trinajstić information content (AvgIpc) is 1.65. The molecule has 1 N–H and O–H groups in total. The van der Waals surface area contributed by atoms with Crippen LogP contribution in [0.4, 0.5) is 0 Å². The molecule has 0 radical (unpaired) electrons. The Morgan fingerprint density at radius 2 is 2.22 bits per heavy atom. The van der Waals surface area contributed by atoms with Crippen molar-refractivity contribution in [2.75, 3.05) is 6.61 Å². The van der Waals surface area contributed by atoms with Gasteiger partial charge in [0, 0.05) is 13.5 Å². The molecule has 0 rings (SSSR count). The van der Waals surface area contributed by atoms with Gasteiger partial charge < -0.3 is 9.84 Å². The predicted octanol–water partition coefficient (Wildman–Crippen LogP) is 0.320. The van der Waals surface area contributed by atoms with Crippen LogP contribution in [0.15, 0.2) is 0 Å². The zero-order valence-electron chi connectivity index (χ0n) is 5.97. The summed E-state index contributed by atoms with van der Waals surface area (Å²) >= 11 is 0. The SMILES string of the molecule is CCOC(C)(O)C(C)=O. The topological polar surface area (TPSA) is 46.5 Å². The van der Waals surface area contributed by atoms with Crippen LogP contribution in [0.1, 0.15) is 20.8 Å². The Labute approximate surface area is 54.6 Å². The van der Waals surface area contributed by atoms with E-state index in [0.717, 1.165) is 0 Å². The van der Waals surface area contributed by atoms with E-state index < -0.39 is 5.79 Å². The Bertz CT molecular complexity index is 107. The van der Waals surface area contributed by atoms with Crippen LogP contribution in [0.5, 0.6) is 0 Å². The van der Waals surface area contributed by atoms with Crippen LogP contribution in [-0.2, 0) is 9.53 Å². The summed E-state index contributed by atoms with van der Waals surface area (Å²) < 4.78 is 4.70. The van der Waals surface area contributed by atoms with Crippen molar-refractivity contribution >= 4 is 5.78 Å². The van der Waals surface area contributed by atoms with E-state index in [1.165, 1.54) is 13.8 Å². The molecule has 0 aromatic rings. The molecule has 0 saturated carbocycles. The minimum absolute atomic E-state index is 0.340. The Balaban J connectivity index is 3.85. The van der Waals surface area contributed by atoms with Crippen molar-refractivity contribution in [3.8, 4) is 0 Å². The van der Waals surface area contributed by atoms with Crippen LogP contribution in [-0.4, -0.2) is 23.3 Å². The van der Waals surface area contributed by atoms with Crippen LogP contribution in [0.2, 0.25) is 0 Å². The summed E-state index contributed by atoms with van der Waals surface area (Å²) in [4.78, 5) is 10.5. The standard InChI is InChI=1S/C6H12O3/c1-4-9-6(3,8)5(2)7/h8H,4H2,1-3H3. The van der Waals surface area contributed by atoms with Gasteiger partial charge in [-0.15, -0.1) is 0 Å². The first kappa shape index (κ1) is 8.59. The number of rotatable bonds is 3. The summed E-state index contributed by atoms with van der Waals surface area (Å²) in [5, 5.41) is 9.02. The molecule has 0 aliphatic rings. The van der Waals surface area contributed by atoms with Gasteiger partial charge in [-0.05, 0) is 13.8 Å². The van der Waals surface area contributed by atoms with Gasteiger partial charge in [0.15, 0.2) is 5.78 Å². The molecule has 0 aliphatic carbocycles. The van der Waals surface area contributed by atoms with E-state index >= 15 is 0 Å². The molecule has 0 fully saturated rings. The minimum Gasteiger partial charge on any atom is -0.360 e. The third-order valence-corrected chi connectivity index (χ3v) is 1.08. The average molecular weight is 132 g/mol. The smallest absolute Gasteiger partial charge is 0.223 e. The van der Waals surface area contributed by atoms with Crippen molar-refractivity contribution in [1.82, 2.24) is 0 Å². The molecule has 0 amide bonds. The molecule has 0 aliphatic heterocycles. The summed E-state index contributed by atoms with van der Waals surface area (Å²) in [7, 11) is 0. The highest BCUT2D eigenvalue weighted by atomic mass is 16.6. The number of Topliss-reactive ketones (excluding diaryl/α,β-unsaturated/α-hetero) is 1. The van der Waals surface area contributed by atoms with Crippen molar-refractivity contribution in [3.63, 3.8) is 0 Å². The van der Waals surface area contributed by atoms with Crippen molar-refractivity contribution in [2.45, 2.75) is 26.6 Å². The molecule has 54 valence electrons.